The van der Waals surface area contributed by atoms with Crippen LogP contribution in [-0.2, 0) is 28.2 Å². The molecular formula is C18H25N5O2. The molecule has 1 saturated heterocycles. The molecule has 1 amide bonds. The van der Waals surface area contributed by atoms with Crippen LogP contribution >= 0.6 is 0 Å². The summed E-state index contributed by atoms with van der Waals surface area (Å²) >= 11 is 0. The van der Waals surface area contributed by atoms with E-state index >= 15 is 0 Å². The van der Waals surface area contributed by atoms with Crippen molar-refractivity contribution in [2.75, 3.05) is 6.61 Å². The smallest absolute Gasteiger partial charge is 0.222 e. The van der Waals surface area contributed by atoms with Crippen LogP contribution in [0.5, 0.6) is 0 Å². The molecule has 1 atom stereocenters. The molecular weight excluding hydrogens is 318 g/mol. The molecule has 25 heavy (non-hydrogen) atoms. The fraction of sp³-hybridized carbons (Fsp3) is 0.556. The van der Waals surface area contributed by atoms with Gasteiger partial charge < -0.3 is 10.1 Å². The van der Waals surface area contributed by atoms with E-state index in [1.807, 2.05) is 26.1 Å². The van der Waals surface area contributed by atoms with Crippen LogP contribution in [0.1, 0.15) is 49.7 Å². The number of aryl methyl sites for hydroxylation is 2. The molecule has 2 aromatic rings. The van der Waals surface area contributed by atoms with Crippen molar-refractivity contribution in [3.05, 3.63) is 41.7 Å². The van der Waals surface area contributed by atoms with Crippen LogP contribution in [0.4, 0.5) is 0 Å². The van der Waals surface area contributed by atoms with Gasteiger partial charge >= 0.3 is 0 Å². The molecule has 1 N–H and O–H groups in total. The van der Waals surface area contributed by atoms with E-state index in [-0.39, 0.29) is 11.5 Å². The molecule has 0 radical (unpaired) electrons. The van der Waals surface area contributed by atoms with Crippen molar-refractivity contribution in [1.82, 2.24) is 25.1 Å². The molecule has 0 spiro atoms. The number of carbonyl (C=O) groups excluding carboxylic acids is 1. The Bertz CT molecular complexity index is 705. The Kier molecular flexibility index (Phi) is 5.43. The molecule has 1 fully saturated rings. The molecule has 1 aliphatic rings. The zero-order valence-electron chi connectivity index (χ0n) is 14.9. The van der Waals surface area contributed by atoms with Crippen LogP contribution in [0, 0.1) is 6.92 Å². The lowest BCUT2D eigenvalue weighted by Gasteiger charge is -2.32. The SMILES string of the molecule is Cc1ccn(CCC(=O)NCc2cnc([C@@]3(C)CCCCO3)nc2)n1. The van der Waals surface area contributed by atoms with Crippen LogP contribution in [0.2, 0.25) is 0 Å². The molecule has 134 valence electrons. The minimum atomic E-state index is -0.387. The summed E-state index contributed by atoms with van der Waals surface area (Å²) in [4.78, 5) is 20.8. The number of aromatic nitrogens is 4. The van der Waals surface area contributed by atoms with Crippen molar-refractivity contribution < 1.29 is 9.53 Å². The van der Waals surface area contributed by atoms with Gasteiger partial charge in [-0.15, -0.1) is 0 Å². The summed E-state index contributed by atoms with van der Waals surface area (Å²) in [7, 11) is 0. The normalized spacial score (nSPS) is 20.4. The predicted molar refractivity (Wildman–Crippen MR) is 92.6 cm³/mol. The lowest BCUT2D eigenvalue weighted by molar-refractivity contribution is -0.121. The van der Waals surface area contributed by atoms with Crippen LogP contribution in [0.3, 0.4) is 0 Å². The van der Waals surface area contributed by atoms with E-state index in [0.717, 1.165) is 43.0 Å². The molecule has 0 unspecified atom stereocenters. The number of nitrogens with zero attached hydrogens (tertiary/aromatic N) is 4. The zero-order valence-corrected chi connectivity index (χ0v) is 14.9. The van der Waals surface area contributed by atoms with Gasteiger partial charge in [0, 0.05) is 50.3 Å². The van der Waals surface area contributed by atoms with Crippen LogP contribution in [0.15, 0.2) is 24.7 Å². The summed E-state index contributed by atoms with van der Waals surface area (Å²) in [5.41, 5.74) is 1.45. The van der Waals surface area contributed by atoms with E-state index in [1.54, 1.807) is 17.1 Å². The van der Waals surface area contributed by atoms with Gasteiger partial charge in [0.25, 0.3) is 0 Å². The molecule has 0 aliphatic carbocycles. The summed E-state index contributed by atoms with van der Waals surface area (Å²) < 4.78 is 7.64. The lowest BCUT2D eigenvalue weighted by atomic mass is 9.95. The Hall–Kier alpha value is -2.28. The third-order valence-electron chi connectivity index (χ3n) is 4.48. The van der Waals surface area contributed by atoms with Gasteiger partial charge in [-0.3, -0.25) is 9.48 Å². The third-order valence-corrected chi connectivity index (χ3v) is 4.48. The third kappa shape index (κ3) is 4.63. The van der Waals surface area contributed by atoms with Crippen molar-refractivity contribution in [2.45, 2.75) is 58.2 Å². The highest BCUT2D eigenvalue weighted by Gasteiger charge is 2.32. The molecule has 0 aromatic carbocycles. The fourth-order valence-corrected chi connectivity index (χ4v) is 2.92. The molecule has 1 aliphatic heterocycles. The van der Waals surface area contributed by atoms with E-state index in [9.17, 15) is 4.79 Å². The summed E-state index contributed by atoms with van der Waals surface area (Å²) in [5.74, 6) is 0.705. The van der Waals surface area contributed by atoms with Gasteiger partial charge in [-0.05, 0) is 39.2 Å². The van der Waals surface area contributed by atoms with Gasteiger partial charge in [-0.1, -0.05) is 0 Å². The Labute approximate surface area is 147 Å². The minimum Gasteiger partial charge on any atom is -0.367 e. The van der Waals surface area contributed by atoms with Gasteiger partial charge in [0.2, 0.25) is 5.91 Å². The number of amides is 1. The highest BCUT2D eigenvalue weighted by atomic mass is 16.5. The molecule has 0 bridgehead atoms. The zero-order chi connectivity index (χ0) is 17.7. The van der Waals surface area contributed by atoms with Crippen molar-refractivity contribution >= 4 is 5.91 Å². The highest BCUT2D eigenvalue weighted by Crippen LogP contribution is 2.32. The maximum atomic E-state index is 11.9. The van der Waals surface area contributed by atoms with E-state index < -0.39 is 0 Å². The topological polar surface area (TPSA) is 81.9 Å². The Balaban J connectivity index is 1.47. The second kappa shape index (κ2) is 7.74. The van der Waals surface area contributed by atoms with E-state index in [1.165, 1.54) is 0 Å². The van der Waals surface area contributed by atoms with E-state index in [2.05, 4.69) is 20.4 Å². The van der Waals surface area contributed by atoms with Gasteiger partial charge in [0.05, 0.1) is 5.69 Å². The van der Waals surface area contributed by atoms with E-state index in [4.69, 9.17) is 4.74 Å². The first kappa shape index (κ1) is 17.5. The monoisotopic (exact) mass is 343 g/mol. The first-order chi connectivity index (χ1) is 12.0. The average molecular weight is 343 g/mol. The fourth-order valence-electron chi connectivity index (χ4n) is 2.92. The summed E-state index contributed by atoms with van der Waals surface area (Å²) in [6, 6.07) is 1.92. The number of hydrogen-bond donors (Lipinski definition) is 1. The van der Waals surface area contributed by atoms with Crippen molar-refractivity contribution in [3.63, 3.8) is 0 Å². The quantitative estimate of drug-likeness (QED) is 0.868. The van der Waals surface area contributed by atoms with E-state index in [0.29, 0.717) is 19.5 Å². The number of nitrogens with one attached hydrogen (secondary N) is 1. The first-order valence-corrected chi connectivity index (χ1v) is 8.77. The first-order valence-electron chi connectivity index (χ1n) is 8.77. The average Bonchev–Trinajstić information content (AvgIpc) is 3.04. The Morgan fingerprint density at radius 2 is 2.16 bits per heavy atom. The molecule has 3 heterocycles. The Morgan fingerprint density at radius 1 is 1.36 bits per heavy atom. The molecule has 3 rings (SSSR count). The Morgan fingerprint density at radius 3 is 2.80 bits per heavy atom. The second-order valence-electron chi connectivity index (χ2n) is 6.70. The number of carbonyl (C=O) groups is 1. The standard InChI is InChI=1S/C18H25N5O2/c1-14-5-8-23(22-14)9-6-16(24)19-11-15-12-20-17(21-13-15)18(2)7-3-4-10-25-18/h5,8,12-13H,3-4,6-7,9-11H2,1-2H3,(H,19,24)/t18-/m1/s1. The summed E-state index contributed by atoms with van der Waals surface area (Å²) in [5, 5.41) is 7.16. The lowest BCUT2D eigenvalue weighted by Crippen LogP contribution is -2.32. The van der Waals surface area contributed by atoms with Crippen molar-refractivity contribution in [1.29, 1.82) is 0 Å². The number of rotatable bonds is 6. The maximum absolute atomic E-state index is 11.9. The largest absolute Gasteiger partial charge is 0.367 e. The predicted octanol–water partition coefficient (Wildman–Crippen LogP) is 2.10. The second-order valence-corrected chi connectivity index (χ2v) is 6.70. The molecule has 0 saturated carbocycles. The van der Waals surface area contributed by atoms with Gasteiger partial charge in [-0.2, -0.15) is 5.10 Å². The molecule has 2 aromatic heterocycles. The van der Waals surface area contributed by atoms with Crippen LogP contribution < -0.4 is 5.32 Å². The number of hydrogen-bond acceptors (Lipinski definition) is 5. The minimum absolute atomic E-state index is 0.0141. The van der Waals surface area contributed by atoms with Crippen LogP contribution in [0.25, 0.3) is 0 Å². The summed E-state index contributed by atoms with van der Waals surface area (Å²) in [6.07, 6.45) is 8.97. The van der Waals surface area contributed by atoms with Gasteiger partial charge in [0.15, 0.2) is 5.82 Å². The van der Waals surface area contributed by atoms with Crippen molar-refractivity contribution in [2.24, 2.45) is 0 Å². The maximum Gasteiger partial charge on any atom is 0.222 e. The van der Waals surface area contributed by atoms with Crippen molar-refractivity contribution in [3.8, 4) is 0 Å². The van der Waals surface area contributed by atoms with Gasteiger partial charge in [0.1, 0.15) is 5.60 Å². The summed E-state index contributed by atoms with van der Waals surface area (Å²) in [6.45, 7) is 5.73. The van der Waals surface area contributed by atoms with Crippen LogP contribution in [-0.4, -0.2) is 32.3 Å². The number of ether oxygens (including phenoxy) is 1. The highest BCUT2D eigenvalue weighted by molar-refractivity contribution is 5.75. The molecule has 7 heteroatoms. The van der Waals surface area contributed by atoms with Gasteiger partial charge in [-0.25, -0.2) is 9.97 Å². The molecule has 7 nitrogen and oxygen atoms in total.